The van der Waals surface area contributed by atoms with Crippen molar-refractivity contribution in [2.45, 2.75) is 19.3 Å². The van der Waals surface area contributed by atoms with Crippen LogP contribution in [0.1, 0.15) is 18.4 Å². The third kappa shape index (κ3) is 3.84. The van der Waals surface area contributed by atoms with Crippen LogP contribution < -0.4 is 10.6 Å². The van der Waals surface area contributed by atoms with E-state index >= 15 is 0 Å². The van der Waals surface area contributed by atoms with E-state index in [0.29, 0.717) is 31.9 Å². The maximum atomic E-state index is 13.7. The van der Waals surface area contributed by atoms with Crippen LogP contribution in [0.15, 0.2) is 48.5 Å². The summed E-state index contributed by atoms with van der Waals surface area (Å²) in [7, 11) is 0. The van der Waals surface area contributed by atoms with Gasteiger partial charge in [0.1, 0.15) is 17.0 Å². The molecule has 0 saturated heterocycles. The molecule has 2 aromatic rings. The summed E-state index contributed by atoms with van der Waals surface area (Å²) in [5.74, 6) is -2.51. The summed E-state index contributed by atoms with van der Waals surface area (Å²) in [5.41, 5.74) is -0.197. The number of carbonyl (C=O) groups excluding carboxylic acids is 2. The molecule has 0 radical (unpaired) electrons. The molecule has 1 fully saturated rings. The van der Waals surface area contributed by atoms with Gasteiger partial charge in [0.15, 0.2) is 0 Å². The molecule has 0 spiro atoms. The Morgan fingerprint density at radius 2 is 1.72 bits per heavy atom. The molecule has 1 aliphatic rings. The quantitative estimate of drug-likeness (QED) is 0.792. The van der Waals surface area contributed by atoms with Crippen molar-refractivity contribution in [2.24, 2.45) is 5.41 Å². The second-order valence-corrected chi connectivity index (χ2v) is 6.15. The Hall–Kier alpha value is -2.76. The average molecular weight is 344 g/mol. The second kappa shape index (κ2) is 7.01. The number of anilines is 1. The predicted octanol–water partition coefficient (Wildman–Crippen LogP) is 3.04. The first kappa shape index (κ1) is 17.1. The first-order chi connectivity index (χ1) is 12.0. The van der Waals surface area contributed by atoms with Gasteiger partial charge in [-0.25, -0.2) is 8.78 Å². The first-order valence-corrected chi connectivity index (χ1v) is 8.10. The fourth-order valence-corrected chi connectivity index (χ4v) is 2.65. The highest BCUT2D eigenvalue weighted by atomic mass is 19.1. The maximum absolute atomic E-state index is 13.7. The Labute approximate surface area is 144 Å². The third-order valence-corrected chi connectivity index (χ3v) is 4.34. The molecule has 25 heavy (non-hydrogen) atoms. The lowest BCUT2D eigenvalue weighted by Gasteiger charge is -2.16. The number of hydrogen-bond acceptors (Lipinski definition) is 2. The largest absolute Gasteiger partial charge is 0.355 e. The van der Waals surface area contributed by atoms with Crippen molar-refractivity contribution in [1.82, 2.24) is 5.32 Å². The van der Waals surface area contributed by atoms with Gasteiger partial charge in [-0.1, -0.05) is 30.3 Å². The first-order valence-electron chi connectivity index (χ1n) is 8.10. The molecule has 0 atom stereocenters. The zero-order valence-electron chi connectivity index (χ0n) is 13.5. The summed E-state index contributed by atoms with van der Waals surface area (Å²) in [6.07, 6.45) is 1.49. The molecule has 6 heteroatoms. The highest BCUT2D eigenvalue weighted by Gasteiger charge is 2.56. The maximum Gasteiger partial charge on any atom is 0.240 e. The molecule has 0 aliphatic heterocycles. The monoisotopic (exact) mass is 344 g/mol. The van der Waals surface area contributed by atoms with Crippen molar-refractivity contribution in [3.63, 3.8) is 0 Å². The summed E-state index contributed by atoms with van der Waals surface area (Å²) >= 11 is 0. The number of hydrogen-bond donors (Lipinski definition) is 2. The SMILES string of the molecule is O=C(NCCc1ccccc1)C1(C(=O)Nc2ccc(F)cc2F)CC1. The van der Waals surface area contributed by atoms with E-state index in [1.165, 1.54) is 0 Å². The van der Waals surface area contributed by atoms with Crippen LogP contribution in [0.2, 0.25) is 0 Å². The molecule has 4 nitrogen and oxygen atoms in total. The molecular weight excluding hydrogens is 326 g/mol. The van der Waals surface area contributed by atoms with Gasteiger partial charge in [0, 0.05) is 12.6 Å². The molecule has 0 aromatic heterocycles. The topological polar surface area (TPSA) is 58.2 Å². The molecule has 2 amide bonds. The Kier molecular flexibility index (Phi) is 4.79. The van der Waals surface area contributed by atoms with Gasteiger partial charge in [-0.15, -0.1) is 0 Å². The highest BCUT2D eigenvalue weighted by molar-refractivity contribution is 6.13. The predicted molar refractivity (Wildman–Crippen MR) is 89.8 cm³/mol. The van der Waals surface area contributed by atoms with Crippen LogP contribution in [0, 0.1) is 17.0 Å². The number of nitrogens with one attached hydrogen (secondary N) is 2. The molecule has 1 saturated carbocycles. The van der Waals surface area contributed by atoms with Crippen LogP contribution in [0.4, 0.5) is 14.5 Å². The van der Waals surface area contributed by atoms with Crippen LogP contribution >= 0.6 is 0 Å². The molecule has 0 unspecified atom stereocenters. The van der Waals surface area contributed by atoms with E-state index in [1.54, 1.807) is 0 Å². The van der Waals surface area contributed by atoms with Gasteiger partial charge in [-0.3, -0.25) is 9.59 Å². The Bertz CT molecular complexity index is 789. The smallest absolute Gasteiger partial charge is 0.240 e. The highest BCUT2D eigenvalue weighted by Crippen LogP contribution is 2.46. The van der Waals surface area contributed by atoms with Gasteiger partial charge >= 0.3 is 0 Å². The van der Waals surface area contributed by atoms with Crippen molar-refractivity contribution < 1.29 is 18.4 Å². The zero-order chi connectivity index (χ0) is 17.9. The number of amides is 2. The molecule has 0 heterocycles. The third-order valence-electron chi connectivity index (χ3n) is 4.34. The molecule has 130 valence electrons. The van der Waals surface area contributed by atoms with E-state index in [2.05, 4.69) is 10.6 Å². The Morgan fingerprint density at radius 3 is 2.36 bits per heavy atom. The number of benzene rings is 2. The lowest BCUT2D eigenvalue weighted by molar-refractivity contribution is -0.134. The van der Waals surface area contributed by atoms with Gasteiger partial charge in [0.25, 0.3) is 0 Å². The van der Waals surface area contributed by atoms with E-state index in [0.717, 1.165) is 17.7 Å². The minimum atomic E-state index is -1.16. The van der Waals surface area contributed by atoms with Gasteiger partial charge < -0.3 is 10.6 Å². The minimum Gasteiger partial charge on any atom is -0.355 e. The van der Waals surface area contributed by atoms with Crippen molar-refractivity contribution in [2.75, 3.05) is 11.9 Å². The van der Waals surface area contributed by atoms with Crippen molar-refractivity contribution in [3.8, 4) is 0 Å². The lowest BCUT2D eigenvalue weighted by Crippen LogP contribution is -2.40. The van der Waals surface area contributed by atoms with E-state index < -0.39 is 23.0 Å². The molecule has 0 bridgehead atoms. The van der Waals surface area contributed by atoms with Crippen molar-refractivity contribution >= 4 is 17.5 Å². The fraction of sp³-hybridized carbons (Fsp3) is 0.263. The van der Waals surface area contributed by atoms with Crippen LogP contribution in [0.5, 0.6) is 0 Å². The van der Waals surface area contributed by atoms with Gasteiger partial charge in [0.2, 0.25) is 11.8 Å². The summed E-state index contributed by atoms with van der Waals surface area (Å²) in [6, 6.07) is 12.6. The van der Waals surface area contributed by atoms with Gasteiger partial charge in [-0.2, -0.15) is 0 Å². The van der Waals surface area contributed by atoms with Crippen molar-refractivity contribution in [1.29, 1.82) is 0 Å². The fourth-order valence-electron chi connectivity index (χ4n) is 2.65. The summed E-state index contributed by atoms with van der Waals surface area (Å²) in [6.45, 7) is 0.419. The van der Waals surface area contributed by atoms with Crippen LogP contribution in [0.25, 0.3) is 0 Å². The molecular formula is C19H18F2N2O2. The Morgan fingerprint density at radius 1 is 1.00 bits per heavy atom. The zero-order valence-corrected chi connectivity index (χ0v) is 13.5. The van der Waals surface area contributed by atoms with E-state index in [-0.39, 0.29) is 11.6 Å². The molecule has 2 N–H and O–H groups in total. The molecule has 1 aliphatic carbocycles. The average Bonchev–Trinajstić information content (AvgIpc) is 3.40. The number of carbonyl (C=O) groups is 2. The van der Waals surface area contributed by atoms with Crippen LogP contribution in [-0.4, -0.2) is 18.4 Å². The number of rotatable bonds is 6. The standard InChI is InChI=1S/C19H18F2N2O2/c20-14-6-7-16(15(21)12-14)23-18(25)19(9-10-19)17(24)22-11-8-13-4-2-1-3-5-13/h1-7,12H,8-11H2,(H,22,24)(H,23,25). The Balaban J connectivity index is 1.57. The molecule has 3 rings (SSSR count). The second-order valence-electron chi connectivity index (χ2n) is 6.15. The van der Waals surface area contributed by atoms with E-state index in [9.17, 15) is 18.4 Å². The van der Waals surface area contributed by atoms with Crippen molar-refractivity contribution in [3.05, 3.63) is 65.7 Å². The summed E-state index contributed by atoms with van der Waals surface area (Å²) in [5, 5.41) is 5.16. The summed E-state index contributed by atoms with van der Waals surface area (Å²) in [4.78, 5) is 24.7. The number of halogens is 2. The molecule has 2 aromatic carbocycles. The van der Waals surface area contributed by atoms with Crippen LogP contribution in [0.3, 0.4) is 0 Å². The summed E-state index contributed by atoms with van der Waals surface area (Å²) < 4.78 is 26.6. The minimum absolute atomic E-state index is 0.130. The van der Waals surface area contributed by atoms with Gasteiger partial charge in [-0.05, 0) is 37.0 Å². The lowest BCUT2D eigenvalue weighted by atomic mass is 10.0. The van der Waals surface area contributed by atoms with E-state index in [1.807, 2.05) is 30.3 Å². The van der Waals surface area contributed by atoms with E-state index in [4.69, 9.17) is 0 Å². The normalized spacial score (nSPS) is 14.6. The van der Waals surface area contributed by atoms with Gasteiger partial charge in [0.05, 0.1) is 5.69 Å². The van der Waals surface area contributed by atoms with Crippen LogP contribution in [-0.2, 0) is 16.0 Å².